The van der Waals surface area contributed by atoms with E-state index in [-0.39, 0.29) is 20.1 Å². The summed E-state index contributed by atoms with van der Waals surface area (Å²) in [6.07, 6.45) is 3.19. The van der Waals surface area contributed by atoms with Crippen LogP contribution in [0.2, 0.25) is 17.3 Å². The molecule has 0 aliphatic rings. The number of hydrogen-bond acceptors (Lipinski definition) is 4. The van der Waals surface area contributed by atoms with Gasteiger partial charge in [-0.05, 0) is 38.1 Å². The quantitative estimate of drug-likeness (QED) is 0.129. The van der Waals surface area contributed by atoms with E-state index < -0.39 is 13.3 Å². The summed E-state index contributed by atoms with van der Waals surface area (Å²) in [5.74, 6) is 8.14. The van der Waals surface area contributed by atoms with Crippen molar-refractivity contribution in [1.29, 1.82) is 0 Å². The number of aryl methyl sites for hydroxylation is 3. The minimum Gasteiger partial charge on any atom is -0.486 e. The van der Waals surface area contributed by atoms with Gasteiger partial charge in [0.05, 0.1) is 22.4 Å². The van der Waals surface area contributed by atoms with Crippen molar-refractivity contribution in [1.82, 2.24) is 19.5 Å². The summed E-state index contributed by atoms with van der Waals surface area (Å²) in [5, 5.41) is 2.07. The molecule has 0 spiro atoms. The van der Waals surface area contributed by atoms with E-state index in [1.165, 1.54) is 9.96 Å². The van der Waals surface area contributed by atoms with Crippen molar-refractivity contribution in [3.8, 4) is 22.6 Å². The summed E-state index contributed by atoms with van der Waals surface area (Å²) in [5.41, 5.74) is 8.97. The molecule has 4 aromatic heterocycles. The van der Waals surface area contributed by atoms with Crippen LogP contribution in [-0.2, 0) is 33.1 Å². The minimum atomic E-state index is -1.80. The molecule has 7 rings (SSSR count). The summed E-state index contributed by atoms with van der Waals surface area (Å²) in [7, 11) is 0. The Kier molecular flexibility index (Phi) is 9.54. The Labute approximate surface area is 275 Å². The van der Waals surface area contributed by atoms with Crippen molar-refractivity contribution in [2.75, 3.05) is 0 Å². The maximum Gasteiger partial charge on any atom is 0.216 e. The monoisotopic (exact) mass is 819 g/mol. The van der Waals surface area contributed by atoms with Gasteiger partial charge >= 0.3 is 113 Å². The zero-order valence-electron chi connectivity index (χ0n) is 26.0. The molecule has 3 aromatic carbocycles. The molecule has 0 atom stereocenters. The van der Waals surface area contributed by atoms with Crippen LogP contribution >= 0.6 is 0 Å². The van der Waals surface area contributed by atoms with Crippen molar-refractivity contribution < 1.29 is 24.5 Å². The van der Waals surface area contributed by atoms with Gasteiger partial charge in [0.1, 0.15) is 0 Å². The normalized spacial score (nSPS) is 11.4. The summed E-state index contributed by atoms with van der Waals surface area (Å²) in [6, 6.07) is 33.1. The molecule has 0 aliphatic carbocycles. The number of imidazole rings is 1. The molecule has 0 saturated carbocycles. The molecule has 0 bridgehead atoms. The number of nitrogens with zero attached hydrogens (tertiary/aromatic N) is 4. The Bertz CT molecular complexity index is 2060. The van der Waals surface area contributed by atoms with Crippen LogP contribution in [0.3, 0.4) is 0 Å². The molecule has 0 N–H and O–H groups in total. The zero-order chi connectivity index (χ0) is 30.1. The number of pyridine rings is 2. The van der Waals surface area contributed by atoms with Crippen molar-refractivity contribution in [2.45, 2.75) is 51.0 Å². The molecule has 5 nitrogen and oxygen atoms in total. The molecule has 44 heavy (non-hydrogen) atoms. The average Bonchev–Trinajstić information content (AvgIpc) is 3.58. The molecule has 0 saturated heterocycles. The smallest absolute Gasteiger partial charge is 0.216 e. The first-order valence-corrected chi connectivity index (χ1v) is 22.3. The van der Waals surface area contributed by atoms with Crippen LogP contribution < -0.4 is 4.40 Å². The van der Waals surface area contributed by atoms with Gasteiger partial charge in [-0.3, -0.25) is 4.98 Å². The van der Waals surface area contributed by atoms with Gasteiger partial charge in [-0.15, -0.1) is 18.2 Å². The second kappa shape index (κ2) is 13.2. The van der Waals surface area contributed by atoms with E-state index in [0.29, 0.717) is 5.71 Å². The van der Waals surface area contributed by atoms with E-state index in [1.807, 2.05) is 61.5 Å². The molecule has 0 amide bonds. The molecule has 4 heterocycles. The van der Waals surface area contributed by atoms with Gasteiger partial charge in [0.25, 0.3) is 0 Å². The van der Waals surface area contributed by atoms with Crippen molar-refractivity contribution in [3.63, 3.8) is 0 Å². The molecule has 7 aromatic rings. The van der Waals surface area contributed by atoms with E-state index in [0.717, 1.165) is 68.7 Å². The van der Waals surface area contributed by atoms with E-state index in [9.17, 15) is 0 Å². The van der Waals surface area contributed by atoms with Crippen LogP contribution in [0.1, 0.15) is 25.1 Å². The van der Waals surface area contributed by atoms with Crippen molar-refractivity contribution in [3.05, 3.63) is 108 Å². The van der Waals surface area contributed by atoms with Gasteiger partial charge in [0.2, 0.25) is 5.71 Å². The molecule has 0 aliphatic heterocycles. The Hall–Kier alpha value is -3.58. The average molecular weight is 818 g/mol. The first-order valence-electron chi connectivity index (χ1n) is 14.9. The fourth-order valence-electron chi connectivity index (χ4n) is 5.63. The van der Waals surface area contributed by atoms with Crippen LogP contribution in [0.15, 0.2) is 89.5 Å². The summed E-state index contributed by atoms with van der Waals surface area (Å²) >= 11 is -1.80. The third-order valence-corrected chi connectivity index (χ3v) is 12.1. The zero-order valence-corrected chi connectivity index (χ0v) is 30.5. The van der Waals surface area contributed by atoms with E-state index >= 15 is 0 Å². The van der Waals surface area contributed by atoms with Crippen molar-refractivity contribution in [2.24, 2.45) is 0 Å². The largest absolute Gasteiger partial charge is 0.486 e. The third kappa shape index (κ3) is 6.17. The van der Waals surface area contributed by atoms with E-state index in [1.54, 1.807) is 0 Å². The first kappa shape index (κ1) is 31.8. The third-order valence-electron chi connectivity index (χ3n) is 7.80. The summed E-state index contributed by atoms with van der Waals surface area (Å²) in [6.45, 7) is 7.15. The number of para-hydroxylation sites is 2. The van der Waals surface area contributed by atoms with Crippen LogP contribution in [0.25, 0.3) is 55.7 Å². The second-order valence-corrected chi connectivity index (χ2v) is 22.3. The SMILES string of the molecule is CCc1cc(-c2[c-]cccc2)nc[c]1[Ge]([CH3])([CH3])[CH3].CCn1c(-c2[c-]ccc3c2oc2nc(C)ccc23)nc2ccccc21.[Ir]. The number of rotatable bonds is 5. The topological polar surface area (TPSA) is 56.7 Å². The van der Waals surface area contributed by atoms with E-state index in [2.05, 4.69) is 88.2 Å². The van der Waals surface area contributed by atoms with Gasteiger partial charge in [0.15, 0.2) is 0 Å². The predicted molar refractivity (Wildman–Crippen MR) is 180 cm³/mol. The Balaban J connectivity index is 0.000000181. The fourth-order valence-corrected chi connectivity index (χ4v) is 9.12. The van der Waals surface area contributed by atoms with Gasteiger partial charge in [-0.2, -0.15) is 0 Å². The standard InChI is InChI=1S/C21H16N3O.C16H20GeN.Ir/c1-3-24-18-10-5-4-9-17(18)23-20(24)16-8-6-7-14-15-12-11-13(2)22-21(15)25-19(14)16;1-5-13-11-16(14-9-7-6-8-10-14)18-12-15(13)17(2,3)4;/h4-7,9-12H,3H2,1-2H3;6-9,11-12H,5H2,1-4H3;/q2*-1;. The number of hydrogen-bond donors (Lipinski definition) is 0. The Morgan fingerprint density at radius 2 is 1.66 bits per heavy atom. The van der Waals surface area contributed by atoms with Crippen LogP contribution in [0, 0.1) is 19.1 Å². The first-order chi connectivity index (χ1) is 20.8. The molecule has 0 fully saturated rings. The number of aromatic nitrogens is 4. The van der Waals surface area contributed by atoms with Gasteiger partial charge in [0, 0.05) is 37.7 Å². The fraction of sp³-hybridized carbons (Fsp3) is 0.216. The molecule has 1 radical (unpaired) electrons. The van der Waals surface area contributed by atoms with Crippen molar-refractivity contribution >= 4 is 50.8 Å². The summed E-state index contributed by atoms with van der Waals surface area (Å²) in [4.78, 5) is 14.0. The Morgan fingerprint density at radius 1 is 0.864 bits per heavy atom. The predicted octanol–water partition coefficient (Wildman–Crippen LogP) is 8.78. The molecule has 225 valence electrons. The van der Waals surface area contributed by atoms with Gasteiger partial charge in [-0.1, -0.05) is 23.1 Å². The maximum absolute atomic E-state index is 6.12. The van der Waals surface area contributed by atoms with Crippen LogP contribution in [-0.4, -0.2) is 32.8 Å². The van der Waals surface area contributed by atoms with E-state index in [4.69, 9.17) is 9.40 Å². The molecule has 7 heteroatoms. The van der Waals surface area contributed by atoms with Gasteiger partial charge < -0.3 is 8.98 Å². The minimum absolute atomic E-state index is 0. The second-order valence-electron chi connectivity index (χ2n) is 11.8. The number of fused-ring (bicyclic) bond motifs is 4. The van der Waals surface area contributed by atoms with Gasteiger partial charge in [-0.25, -0.2) is 4.98 Å². The van der Waals surface area contributed by atoms with Crippen LogP contribution in [0.4, 0.5) is 0 Å². The maximum atomic E-state index is 6.12. The molecule has 0 unspecified atom stereocenters. The Morgan fingerprint density at radius 3 is 2.39 bits per heavy atom. The molecular weight excluding hydrogens is 781 g/mol. The number of furan rings is 1. The molecular formula is C37H36GeIrN4O-2. The number of benzene rings is 3. The van der Waals surface area contributed by atoms with Crippen LogP contribution in [0.5, 0.6) is 0 Å². The summed E-state index contributed by atoms with van der Waals surface area (Å²) < 4.78 is 9.84.